The van der Waals surface area contributed by atoms with Gasteiger partial charge in [0, 0.05) is 39.6 Å². The third-order valence-corrected chi connectivity index (χ3v) is 4.98. The number of anilines is 1. The number of carbonyl (C=O) groups excluding carboxylic acids is 2. The molecule has 2 heterocycles. The van der Waals surface area contributed by atoms with Crippen LogP contribution in [0.25, 0.3) is 0 Å². The number of hydrogen-bond acceptors (Lipinski definition) is 3. The third kappa shape index (κ3) is 3.76. The molecule has 0 saturated carbocycles. The molecule has 25 heavy (non-hydrogen) atoms. The first-order valence-electron chi connectivity index (χ1n) is 8.75. The van der Waals surface area contributed by atoms with Crippen LogP contribution in [0.4, 0.5) is 14.9 Å². The standard InChI is InChI=1S/C18H25FN4O2/c1-22(2)18(25)23-9-6-12(7-10-23)17(24)21-15-4-3-13-11-20-8-5-14(13)16(15)19/h3-4,12,20H,5-11H2,1-2H3,(H,21,24). The maximum absolute atomic E-state index is 14.6. The van der Waals surface area contributed by atoms with Gasteiger partial charge in [0.25, 0.3) is 0 Å². The van der Waals surface area contributed by atoms with Crippen LogP contribution in [0.1, 0.15) is 24.0 Å². The summed E-state index contributed by atoms with van der Waals surface area (Å²) in [6.45, 7) is 2.51. The molecule has 0 unspecified atom stereocenters. The summed E-state index contributed by atoms with van der Waals surface area (Å²) in [6.07, 6.45) is 1.83. The molecule has 1 fully saturated rings. The van der Waals surface area contributed by atoms with Gasteiger partial charge in [0.05, 0.1) is 5.69 Å². The molecule has 0 aromatic heterocycles. The predicted molar refractivity (Wildman–Crippen MR) is 93.8 cm³/mol. The number of nitrogens with one attached hydrogen (secondary N) is 2. The van der Waals surface area contributed by atoms with Crippen molar-refractivity contribution in [3.63, 3.8) is 0 Å². The second-order valence-corrected chi connectivity index (χ2v) is 6.92. The van der Waals surface area contributed by atoms with Crippen molar-refractivity contribution in [1.82, 2.24) is 15.1 Å². The molecule has 7 heteroatoms. The van der Waals surface area contributed by atoms with Crippen LogP contribution >= 0.6 is 0 Å². The van der Waals surface area contributed by atoms with Crippen molar-refractivity contribution in [2.24, 2.45) is 5.92 Å². The van der Waals surface area contributed by atoms with Crippen molar-refractivity contribution in [3.8, 4) is 0 Å². The van der Waals surface area contributed by atoms with Crippen LogP contribution in [0.5, 0.6) is 0 Å². The van der Waals surface area contributed by atoms with Crippen molar-refractivity contribution in [1.29, 1.82) is 0 Å². The molecule has 3 amide bonds. The highest BCUT2D eigenvalue weighted by molar-refractivity contribution is 5.93. The number of urea groups is 1. The number of nitrogens with zero attached hydrogens (tertiary/aromatic N) is 2. The topological polar surface area (TPSA) is 64.7 Å². The largest absolute Gasteiger partial charge is 0.331 e. The molecular weight excluding hydrogens is 323 g/mol. The van der Waals surface area contributed by atoms with Gasteiger partial charge in [-0.25, -0.2) is 9.18 Å². The predicted octanol–water partition coefficient (Wildman–Crippen LogP) is 1.80. The summed E-state index contributed by atoms with van der Waals surface area (Å²) in [4.78, 5) is 27.7. The number of rotatable bonds is 2. The highest BCUT2D eigenvalue weighted by Crippen LogP contribution is 2.26. The molecule has 0 radical (unpaired) electrons. The number of benzene rings is 1. The summed E-state index contributed by atoms with van der Waals surface area (Å²) in [6, 6.07) is 3.48. The monoisotopic (exact) mass is 348 g/mol. The van der Waals surface area contributed by atoms with E-state index >= 15 is 0 Å². The molecule has 2 aliphatic heterocycles. The number of hydrogen-bond donors (Lipinski definition) is 2. The van der Waals surface area contributed by atoms with E-state index in [9.17, 15) is 14.0 Å². The third-order valence-electron chi connectivity index (χ3n) is 4.98. The highest BCUT2D eigenvalue weighted by atomic mass is 19.1. The summed E-state index contributed by atoms with van der Waals surface area (Å²) in [5.41, 5.74) is 1.91. The first-order chi connectivity index (χ1) is 12.0. The van der Waals surface area contributed by atoms with Gasteiger partial charge in [0.1, 0.15) is 5.82 Å². The van der Waals surface area contributed by atoms with Gasteiger partial charge in [-0.05, 0) is 43.0 Å². The minimum atomic E-state index is -0.312. The average molecular weight is 348 g/mol. The molecule has 2 N–H and O–H groups in total. The highest BCUT2D eigenvalue weighted by Gasteiger charge is 2.28. The van der Waals surface area contributed by atoms with Crippen molar-refractivity contribution in [2.75, 3.05) is 39.0 Å². The number of likely N-dealkylation sites (tertiary alicyclic amines) is 1. The summed E-state index contributed by atoms with van der Waals surface area (Å²) < 4.78 is 14.6. The first kappa shape index (κ1) is 17.7. The second kappa shape index (κ2) is 7.39. The Morgan fingerprint density at radius 2 is 2.00 bits per heavy atom. The fraction of sp³-hybridized carbons (Fsp3) is 0.556. The average Bonchev–Trinajstić information content (AvgIpc) is 2.63. The quantitative estimate of drug-likeness (QED) is 0.857. The Bertz CT molecular complexity index is 669. The lowest BCUT2D eigenvalue weighted by Crippen LogP contribution is -2.45. The Labute approximate surface area is 147 Å². The fourth-order valence-corrected chi connectivity index (χ4v) is 3.48. The maximum atomic E-state index is 14.6. The van der Waals surface area contributed by atoms with E-state index in [2.05, 4.69) is 10.6 Å². The van der Waals surface area contributed by atoms with Gasteiger partial charge < -0.3 is 20.4 Å². The SMILES string of the molecule is CN(C)C(=O)N1CCC(C(=O)Nc2ccc3c(c2F)CCNC3)CC1. The van der Waals surface area contributed by atoms with Crippen LogP contribution in [0.3, 0.4) is 0 Å². The van der Waals surface area contributed by atoms with Crippen LogP contribution < -0.4 is 10.6 Å². The van der Waals surface area contributed by atoms with Crippen molar-refractivity contribution in [2.45, 2.75) is 25.8 Å². The molecule has 0 bridgehead atoms. The van der Waals surface area contributed by atoms with Gasteiger partial charge in [0.2, 0.25) is 5.91 Å². The Balaban J connectivity index is 1.61. The minimum absolute atomic E-state index is 0.0341. The first-order valence-corrected chi connectivity index (χ1v) is 8.75. The maximum Gasteiger partial charge on any atom is 0.319 e. The van der Waals surface area contributed by atoms with Crippen molar-refractivity contribution in [3.05, 3.63) is 29.1 Å². The summed E-state index contributed by atoms with van der Waals surface area (Å²) in [5.74, 6) is -0.666. The van der Waals surface area contributed by atoms with E-state index in [1.54, 1.807) is 25.1 Å². The van der Waals surface area contributed by atoms with Crippen molar-refractivity contribution < 1.29 is 14.0 Å². The van der Waals surface area contributed by atoms with E-state index in [-0.39, 0.29) is 29.4 Å². The van der Waals surface area contributed by atoms with E-state index in [0.717, 1.165) is 12.1 Å². The number of carbonyl (C=O) groups is 2. The minimum Gasteiger partial charge on any atom is -0.331 e. The molecule has 6 nitrogen and oxygen atoms in total. The molecule has 2 aliphatic rings. The number of piperidine rings is 1. The zero-order valence-electron chi connectivity index (χ0n) is 14.8. The Hall–Kier alpha value is -2.15. The number of amides is 3. The molecular formula is C18H25FN4O2. The number of halogens is 1. The van der Waals surface area contributed by atoms with Crippen LogP contribution in [-0.2, 0) is 17.8 Å². The van der Waals surface area contributed by atoms with Gasteiger partial charge in [-0.2, -0.15) is 0 Å². The van der Waals surface area contributed by atoms with Gasteiger partial charge in [0.15, 0.2) is 0 Å². The smallest absolute Gasteiger partial charge is 0.319 e. The summed E-state index contributed by atoms with van der Waals surface area (Å²) in [7, 11) is 3.44. The fourth-order valence-electron chi connectivity index (χ4n) is 3.48. The second-order valence-electron chi connectivity index (χ2n) is 6.92. The van der Waals surface area contributed by atoms with Crippen LogP contribution in [-0.4, -0.2) is 55.5 Å². The zero-order valence-corrected chi connectivity index (χ0v) is 14.8. The van der Waals surface area contributed by atoms with E-state index < -0.39 is 0 Å². The van der Waals surface area contributed by atoms with Crippen molar-refractivity contribution >= 4 is 17.6 Å². The zero-order chi connectivity index (χ0) is 18.0. The van der Waals surface area contributed by atoms with Crippen LogP contribution in [0.2, 0.25) is 0 Å². The lowest BCUT2D eigenvalue weighted by molar-refractivity contribution is -0.121. The lowest BCUT2D eigenvalue weighted by Gasteiger charge is -2.33. The molecule has 0 spiro atoms. The normalized spacial score (nSPS) is 17.8. The molecule has 0 aliphatic carbocycles. The number of fused-ring (bicyclic) bond motifs is 1. The summed E-state index contributed by atoms with van der Waals surface area (Å²) >= 11 is 0. The van der Waals surface area contributed by atoms with Gasteiger partial charge >= 0.3 is 6.03 Å². The molecule has 3 rings (SSSR count). The molecule has 1 aromatic carbocycles. The Kier molecular flexibility index (Phi) is 5.22. The summed E-state index contributed by atoms with van der Waals surface area (Å²) in [5, 5.41) is 5.96. The van der Waals surface area contributed by atoms with E-state index in [1.807, 2.05) is 6.07 Å². The van der Waals surface area contributed by atoms with E-state index in [0.29, 0.717) is 44.5 Å². The molecule has 1 aromatic rings. The van der Waals surface area contributed by atoms with E-state index in [1.165, 1.54) is 4.90 Å². The van der Waals surface area contributed by atoms with Gasteiger partial charge in [-0.15, -0.1) is 0 Å². The Morgan fingerprint density at radius 3 is 2.68 bits per heavy atom. The lowest BCUT2D eigenvalue weighted by atomic mass is 9.95. The van der Waals surface area contributed by atoms with Crippen LogP contribution in [0, 0.1) is 11.7 Å². The Morgan fingerprint density at radius 1 is 1.28 bits per heavy atom. The van der Waals surface area contributed by atoms with Gasteiger partial charge in [-0.3, -0.25) is 4.79 Å². The molecule has 136 valence electrons. The van der Waals surface area contributed by atoms with E-state index in [4.69, 9.17) is 0 Å². The molecule has 1 saturated heterocycles. The van der Waals surface area contributed by atoms with Gasteiger partial charge in [-0.1, -0.05) is 6.07 Å². The molecule has 0 atom stereocenters. The van der Waals surface area contributed by atoms with Crippen LogP contribution in [0.15, 0.2) is 12.1 Å².